The molecule has 3 nitrogen and oxygen atoms in total. The minimum Gasteiger partial charge on any atom is -0.421 e. The SMILES string of the molecule is Cc1ccc(Br)cc1Cc1nnc(/C=C/c2ccc(F)cc2Cl)o1. The average Bonchev–Trinajstić information content (AvgIpc) is 2.98. The minimum absolute atomic E-state index is 0.329. The zero-order chi connectivity index (χ0) is 17.1. The van der Waals surface area contributed by atoms with E-state index in [-0.39, 0.29) is 5.82 Å². The van der Waals surface area contributed by atoms with Crippen molar-refractivity contribution in [2.75, 3.05) is 0 Å². The van der Waals surface area contributed by atoms with Crippen molar-refractivity contribution in [1.82, 2.24) is 10.2 Å². The Balaban J connectivity index is 1.76. The summed E-state index contributed by atoms with van der Waals surface area (Å²) in [4.78, 5) is 0. The summed E-state index contributed by atoms with van der Waals surface area (Å²) < 4.78 is 19.7. The molecule has 0 unspecified atom stereocenters. The first-order chi connectivity index (χ1) is 11.5. The molecule has 24 heavy (non-hydrogen) atoms. The molecule has 3 rings (SSSR count). The third kappa shape index (κ3) is 4.10. The first kappa shape index (κ1) is 16.9. The van der Waals surface area contributed by atoms with E-state index in [0.717, 1.165) is 15.6 Å². The second-order valence-electron chi connectivity index (χ2n) is 5.28. The fourth-order valence-corrected chi connectivity index (χ4v) is 2.84. The van der Waals surface area contributed by atoms with Crippen molar-refractivity contribution in [2.45, 2.75) is 13.3 Å². The van der Waals surface area contributed by atoms with Gasteiger partial charge in [0, 0.05) is 10.5 Å². The molecule has 122 valence electrons. The van der Waals surface area contributed by atoms with E-state index in [9.17, 15) is 4.39 Å². The van der Waals surface area contributed by atoms with E-state index >= 15 is 0 Å². The summed E-state index contributed by atoms with van der Waals surface area (Å²) in [5, 5.41) is 8.38. The lowest BCUT2D eigenvalue weighted by Crippen LogP contribution is -1.92. The van der Waals surface area contributed by atoms with Crippen molar-refractivity contribution in [1.29, 1.82) is 0 Å². The summed E-state index contributed by atoms with van der Waals surface area (Å²) >= 11 is 9.44. The number of aromatic nitrogens is 2. The Morgan fingerprint density at radius 2 is 2.00 bits per heavy atom. The van der Waals surface area contributed by atoms with Crippen LogP contribution in [0, 0.1) is 12.7 Å². The minimum atomic E-state index is -0.374. The molecule has 0 radical (unpaired) electrons. The van der Waals surface area contributed by atoms with Crippen LogP contribution >= 0.6 is 27.5 Å². The maximum atomic E-state index is 13.0. The van der Waals surface area contributed by atoms with Gasteiger partial charge in [-0.25, -0.2) is 4.39 Å². The van der Waals surface area contributed by atoms with E-state index in [1.165, 1.54) is 12.1 Å². The number of hydrogen-bond donors (Lipinski definition) is 0. The first-order valence-corrected chi connectivity index (χ1v) is 8.39. The highest BCUT2D eigenvalue weighted by Crippen LogP contribution is 2.21. The highest BCUT2D eigenvalue weighted by atomic mass is 79.9. The summed E-state index contributed by atoms with van der Waals surface area (Å²) in [7, 11) is 0. The van der Waals surface area contributed by atoms with Gasteiger partial charge in [0.25, 0.3) is 0 Å². The number of benzene rings is 2. The van der Waals surface area contributed by atoms with Crippen LogP contribution in [-0.4, -0.2) is 10.2 Å². The predicted octanol–water partition coefficient (Wildman–Crippen LogP) is 5.69. The summed E-state index contributed by atoms with van der Waals surface area (Å²) in [6, 6.07) is 10.3. The molecule has 0 bridgehead atoms. The molecule has 0 atom stereocenters. The number of hydrogen-bond acceptors (Lipinski definition) is 3. The van der Waals surface area contributed by atoms with Crippen molar-refractivity contribution < 1.29 is 8.81 Å². The molecule has 0 spiro atoms. The van der Waals surface area contributed by atoms with Crippen LogP contribution in [0.1, 0.15) is 28.5 Å². The molecule has 2 aromatic carbocycles. The third-order valence-electron chi connectivity index (χ3n) is 3.50. The van der Waals surface area contributed by atoms with Gasteiger partial charge in [-0.1, -0.05) is 39.7 Å². The molecule has 1 heterocycles. The van der Waals surface area contributed by atoms with Gasteiger partial charge < -0.3 is 4.42 Å². The van der Waals surface area contributed by atoms with Crippen molar-refractivity contribution in [2.24, 2.45) is 0 Å². The van der Waals surface area contributed by atoms with Crippen LogP contribution in [0.25, 0.3) is 12.2 Å². The standard InChI is InChI=1S/C18H13BrClFN2O/c1-11-2-5-14(19)8-13(11)9-18-23-22-17(24-18)7-4-12-3-6-15(21)10-16(12)20/h2-8,10H,9H2,1H3/b7-4+. The van der Waals surface area contributed by atoms with Crippen LogP contribution in [-0.2, 0) is 6.42 Å². The van der Waals surface area contributed by atoms with Gasteiger partial charge in [-0.05, 0) is 54.0 Å². The molecular formula is C18H13BrClFN2O. The number of rotatable bonds is 4. The Bertz CT molecular complexity index is 908. The van der Waals surface area contributed by atoms with Crippen molar-refractivity contribution in [3.8, 4) is 0 Å². The van der Waals surface area contributed by atoms with Crippen molar-refractivity contribution >= 4 is 39.7 Å². The summed E-state index contributed by atoms with van der Waals surface area (Å²) in [6.07, 6.45) is 3.93. The van der Waals surface area contributed by atoms with Crippen LogP contribution in [0.3, 0.4) is 0 Å². The Morgan fingerprint density at radius 1 is 1.17 bits per heavy atom. The molecule has 0 saturated carbocycles. The molecule has 0 saturated heterocycles. The van der Waals surface area contributed by atoms with Crippen LogP contribution in [0.15, 0.2) is 45.3 Å². The Labute approximate surface area is 152 Å². The number of nitrogens with zero attached hydrogens (tertiary/aromatic N) is 2. The maximum absolute atomic E-state index is 13.0. The van der Waals surface area contributed by atoms with Gasteiger partial charge in [0.05, 0.1) is 11.4 Å². The van der Waals surface area contributed by atoms with E-state index in [2.05, 4.69) is 26.1 Å². The molecule has 0 fully saturated rings. The molecule has 0 aliphatic rings. The fourth-order valence-electron chi connectivity index (χ4n) is 2.20. The Kier molecular flexibility index (Phi) is 5.11. The van der Waals surface area contributed by atoms with E-state index in [4.69, 9.17) is 16.0 Å². The third-order valence-corrected chi connectivity index (χ3v) is 4.32. The van der Waals surface area contributed by atoms with Crippen LogP contribution < -0.4 is 0 Å². The van der Waals surface area contributed by atoms with Crippen molar-refractivity contribution in [3.05, 3.63) is 80.2 Å². The van der Waals surface area contributed by atoms with Gasteiger partial charge in [0.15, 0.2) is 0 Å². The number of halogens is 3. The molecule has 0 aliphatic heterocycles. The fraction of sp³-hybridized carbons (Fsp3) is 0.111. The van der Waals surface area contributed by atoms with E-state index in [0.29, 0.717) is 28.8 Å². The van der Waals surface area contributed by atoms with Gasteiger partial charge in [0.1, 0.15) is 5.82 Å². The highest BCUT2D eigenvalue weighted by molar-refractivity contribution is 9.10. The highest BCUT2D eigenvalue weighted by Gasteiger charge is 2.08. The Morgan fingerprint density at radius 3 is 2.79 bits per heavy atom. The second-order valence-corrected chi connectivity index (χ2v) is 6.60. The van der Waals surface area contributed by atoms with Gasteiger partial charge in [-0.15, -0.1) is 10.2 Å². The van der Waals surface area contributed by atoms with Crippen LogP contribution in [0.5, 0.6) is 0 Å². The molecule has 0 aliphatic carbocycles. The van der Waals surface area contributed by atoms with Crippen LogP contribution in [0.4, 0.5) is 4.39 Å². The van der Waals surface area contributed by atoms with Gasteiger partial charge in [-0.2, -0.15) is 0 Å². The number of aryl methyl sites for hydroxylation is 1. The average molecular weight is 408 g/mol. The molecule has 1 aromatic heterocycles. The smallest absolute Gasteiger partial charge is 0.240 e. The maximum Gasteiger partial charge on any atom is 0.240 e. The van der Waals surface area contributed by atoms with E-state index in [1.807, 2.05) is 25.1 Å². The second kappa shape index (κ2) is 7.28. The van der Waals surface area contributed by atoms with E-state index in [1.54, 1.807) is 18.2 Å². The summed E-state index contributed by atoms with van der Waals surface area (Å²) in [5.41, 5.74) is 2.96. The Hall–Kier alpha value is -1.98. The zero-order valence-corrected chi connectivity index (χ0v) is 15.1. The molecule has 3 aromatic rings. The molecule has 0 amide bonds. The molecular weight excluding hydrogens is 395 g/mol. The zero-order valence-electron chi connectivity index (χ0n) is 12.8. The van der Waals surface area contributed by atoms with Gasteiger partial charge in [0.2, 0.25) is 11.8 Å². The summed E-state index contributed by atoms with van der Waals surface area (Å²) in [5.74, 6) is 0.528. The summed E-state index contributed by atoms with van der Waals surface area (Å²) in [6.45, 7) is 2.04. The molecule has 0 N–H and O–H groups in total. The van der Waals surface area contributed by atoms with E-state index < -0.39 is 0 Å². The first-order valence-electron chi connectivity index (χ1n) is 7.22. The predicted molar refractivity (Wildman–Crippen MR) is 96.3 cm³/mol. The lowest BCUT2D eigenvalue weighted by Gasteiger charge is -2.03. The quantitative estimate of drug-likeness (QED) is 0.557. The van der Waals surface area contributed by atoms with Gasteiger partial charge >= 0.3 is 0 Å². The lowest BCUT2D eigenvalue weighted by molar-refractivity contribution is 0.496. The lowest BCUT2D eigenvalue weighted by atomic mass is 10.1. The topological polar surface area (TPSA) is 38.9 Å². The van der Waals surface area contributed by atoms with Crippen LogP contribution in [0.2, 0.25) is 5.02 Å². The molecule has 6 heteroatoms. The largest absolute Gasteiger partial charge is 0.421 e. The normalized spacial score (nSPS) is 11.3. The monoisotopic (exact) mass is 406 g/mol. The van der Waals surface area contributed by atoms with Crippen molar-refractivity contribution in [3.63, 3.8) is 0 Å². The van der Waals surface area contributed by atoms with Gasteiger partial charge in [-0.3, -0.25) is 0 Å².